The van der Waals surface area contributed by atoms with Crippen molar-refractivity contribution in [1.82, 2.24) is 5.32 Å². The van der Waals surface area contributed by atoms with Crippen molar-refractivity contribution in [3.05, 3.63) is 59.7 Å². The second kappa shape index (κ2) is 9.21. The molecule has 2 N–H and O–H groups in total. The van der Waals surface area contributed by atoms with Crippen LogP contribution in [0.1, 0.15) is 30.4 Å². The van der Waals surface area contributed by atoms with E-state index >= 15 is 0 Å². The molecule has 0 saturated carbocycles. The SMILES string of the molecule is Cc1ccc(NS(=O)(=O)c2ccc(CCC(=O)NC[C@@H]3CCCO3)cc2)cc1. The van der Waals surface area contributed by atoms with Crippen LogP contribution >= 0.6 is 0 Å². The lowest BCUT2D eigenvalue weighted by Crippen LogP contribution is -2.31. The van der Waals surface area contributed by atoms with E-state index in [1.807, 2.05) is 19.1 Å². The molecule has 7 heteroatoms. The highest BCUT2D eigenvalue weighted by molar-refractivity contribution is 7.92. The van der Waals surface area contributed by atoms with Gasteiger partial charge in [0, 0.05) is 25.3 Å². The molecule has 2 aromatic carbocycles. The quantitative estimate of drug-likeness (QED) is 0.711. The topological polar surface area (TPSA) is 84.5 Å². The highest BCUT2D eigenvalue weighted by Gasteiger charge is 2.16. The van der Waals surface area contributed by atoms with E-state index in [9.17, 15) is 13.2 Å². The molecule has 0 aromatic heterocycles. The molecule has 1 amide bonds. The van der Waals surface area contributed by atoms with Gasteiger partial charge in [-0.3, -0.25) is 9.52 Å². The zero-order valence-corrected chi connectivity index (χ0v) is 16.8. The minimum absolute atomic E-state index is 0.0202. The Bertz CT molecular complexity index is 887. The summed E-state index contributed by atoms with van der Waals surface area (Å²) in [6, 6.07) is 13.8. The second-order valence-electron chi connectivity index (χ2n) is 7.05. The molecule has 1 saturated heterocycles. The number of carbonyl (C=O) groups is 1. The fourth-order valence-corrected chi connectivity index (χ4v) is 4.11. The molecule has 1 fully saturated rings. The fourth-order valence-electron chi connectivity index (χ4n) is 3.05. The fraction of sp³-hybridized carbons (Fsp3) is 0.381. The Labute approximate surface area is 166 Å². The first-order valence-electron chi connectivity index (χ1n) is 9.49. The predicted molar refractivity (Wildman–Crippen MR) is 109 cm³/mol. The van der Waals surface area contributed by atoms with E-state index < -0.39 is 10.0 Å². The number of anilines is 1. The summed E-state index contributed by atoms with van der Waals surface area (Å²) in [6.07, 6.45) is 3.10. The molecular formula is C21H26N2O4S. The lowest BCUT2D eigenvalue weighted by atomic mass is 10.1. The van der Waals surface area contributed by atoms with E-state index in [2.05, 4.69) is 10.0 Å². The molecule has 1 aliphatic rings. The summed E-state index contributed by atoms with van der Waals surface area (Å²) in [5.74, 6) is -0.0202. The Morgan fingerprint density at radius 1 is 1.11 bits per heavy atom. The second-order valence-corrected chi connectivity index (χ2v) is 8.74. The molecule has 1 aliphatic heterocycles. The van der Waals surface area contributed by atoms with Crippen molar-refractivity contribution in [2.24, 2.45) is 0 Å². The third-order valence-corrected chi connectivity index (χ3v) is 6.13. The third kappa shape index (κ3) is 5.81. The number of benzene rings is 2. The Hall–Kier alpha value is -2.38. The van der Waals surface area contributed by atoms with Gasteiger partial charge in [0.05, 0.1) is 11.0 Å². The van der Waals surface area contributed by atoms with Gasteiger partial charge < -0.3 is 10.1 Å². The first kappa shape index (κ1) is 20.4. The molecule has 6 nitrogen and oxygen atoms in total. The van der Waals surface area contributed by atoms with Crippen molar-refractivity contribution in [1.29, 1.82) is 0 Å². The van der Waals surface area contributed by atoms with Crippen LogP contribution in [0.4, 0.5) is 5.69 Å². The zero-order valence-electron chi connectivity index (χ0n) is 16.0. The monoisotopic (exact) mass is 402 g/mol. The average Bonchev–Trinajstić information content (AvgIpc) is 3.20. The van der Waals surface area contributed by atoms with Crippen LogP contribution in [0, 0.1) is 6.92 Å². The van der Waals surface area contributed by atoms with Crippen molar-refractivity contribution in [3.63, 3.8) is 0 Å². The molecule has 28 heavy (non-hydrogen) atoms. The molecule has 1 heterocycles. The number of rotatable bonds is 8. The molecule has 2 aromatic rings. The lowest BCUT2D eigenvalue weighted by Gasteiger charge is -2.11. The first-order chi connectivity index (χ1) is 13.4. The number of ether oxygens (including phenoxy) is 1. The first-order valence-corrected chi connectivity index (χ1v) is 11.0. The van der Waals surface area contributed by atoms with Crippen molar-refractivity contribution >= 4 is 21.6 Å². The summed E-state index contributed by atoms with van der Waals surface area (Å²) < 4.78 is 33.0. The summed E-state index contributed by atoms with van der Waals surface area (Å²) in [4.78, 5) is 12.1. The molecule has 0 spiro atoms. The van der Waals surface area contributed by atoms with Crippen LogP contribution in [0.3, 0.4) is 0 Å². The van der Waals surface area contributed by atoms with Crippen molar-refractivity contribution in [3.8, 4) is 0 Å². The number of hydrogen-bond donors (Lipinski definition) is 2. The van der Waals surface area contributed by atoms with Crippen LogP contribution in [-0.2, 0) is 26.0 Å². The number of aryl methyl sites for hydroxylation is 2. The van der Waals surface area contributed by atoms with Crippen LogP contribution in [0.2, 0.25) is 0 Å². The maximum Gasteiger partial charge on any atom is 0.261 e. The number of nitrogens with one attached hydrogen (secondary N) is 2. The van der Waals surface area contributed by atoms with E-state index in [1.54, 1.807) is 36.4 Å². The molecule has 0 aliphatic carbocycles. The average molecular weight is 403 g/mol. The number of hydrogen-bond acceptors (Lipinski definition) is 4. The van der Waals surface area contributed by atoms with E-state index in [1.165, 1.54) is 0 Å². The maximum absolute atomic E-state index is 12.5. The van der Waals surface area contributed by atoms with Crippen molar-refractivity contribution in [2.45, 2.75) is 43.6 Å². The molecular weight excluding hydrogens is 376 g/mol. The van der Waals surface area contributed by atoms with Crippen LogP contribution < -0.4 is 10.0 Å². The van der Waals surface area contributed by atoms with Gasteiger partial charge in [0.15, 0.2) is 0 Å². The van der Waals surface area contributed by atoms with Gasteiger partial charge in [-0.15, -0.1) is 0 Å². The minimum Gasteiger partial charge on any atom is -0.376 e. The molecule has 1 atom stereocenters. The molecule has 0 bridgehead atoms. The van der Waals surface area contributed by atoms with Crippen LogP contribution in [-0.4, -0.2) is 33.6 Å². The van der Waals surface area contributed by atoms with Crippen LogP contribution in [0.25, 0.3) is 0 Å². The molecule has 0 radical (unpaired) electrons. The summed E-state index contributed by atoms with van der Waals surface area (Å²) >= 11 is 0. The molecule has 150 valence electrons. The van der Waals surface area contributed by atoms with Gasteiger partial charge in [-0.1, -0.05) is 29.8 Å². The molecule has 0 unspecified atom stereocenters. The molecule has 3 rings (SSSR count). The summed E-state index contributed by atoms with van der Waals surface area (Å²) in [6.45, 7) is 3.27. The smallest absolute Gasteiger partial charge is 0.261 e. The summed E-state index contributed by atoms with van der Waals surface area (Å²) in [7, 11) is -3.64. The third-order valence-electron chi connectivity index (χ3n) is 4.73. The van der Waals surface area contributed by atoms with E-state index in [-0.39, 0.29) is 16.9 Å². The Balaban J connectivity index is 1.50. The van der Waals surface area contributed by atoms with Crippen molar-refractivity contribution in [2.75, 3.05) is 17.9 Å². The highest BCUT2D eigenvalue weighted by Crippen LogP contribution is 2.18. The predicted octanol–water partition coefficient (Wildman–Crippen LogP) is 3.02. The van der Waals surface area contributed by atoms with Crippen LogP contribution in [0.15, 0.2) is 53.4 Å². The van der Waals surface area contributed by atoms with E-state index in [0.717, 1.165) is 30.6 Å². The highest BCUT2D eigenvalue weighted by atomic mass is 32.2. The van der Waals surface area contributed by atoms with Gasteiger partial charge in [-0.2, -0.15) is 0 Å². The number of carbonyl (C=O) groups excluding carboxylic acids is 1. The van der Waals surface area contributed by atoms with Crippen molar-refractivity contribution < 1.29 is 17.9 Å². The summed E-state index contributed by atoms with van der Waals surface area (Å²) in [5.41, 5.74) is 2.51. The minimum atomic E-state index is -3.64. The van der Waals surface area contributed by atoms with Gasteiger partial charge in [0.2, 0.25) is 5.91 Å². The van der Waals surface area contributed by atoms with Crippen LogP contribution in [0.5, 0.6) is 0 Å². The Morgan fingerprint density at radius 3 is 2.46 bits per heavy atom. The van der Waals surface area contributed by atoms with E-state index in [0.29, 0.717) is 25.1 Å². The van der Waals surface area contributed by atoms with Gasteiger partial charge >= 0.3 is 0 Å². The number of amides is 1. The van der Waals surface area contributed by atoms with Gasteiger partial charge in [-0.25, -0.2) is 8.42 Å². The zero-order chi connectivity index (χ0) is 20.0. The van der Waals surface area contributed by atoms with E-state index in [4.69, 9.17) is 4.74 Å². The number of sulfonamides is 1. The summed E-state index contributed by atoms with van der Waals surface area (Å²) in [5, 5.41) is 2.89. The normalized spacial score (nSPS) is 16.7. The largest absolute Gasteiger partial charge is 0.376 e. The lowest BCUT2D eigenvalue weighted by molar-refractivity contribution is -0.121. The maximum atomic E-state index is 12.5. The van der Waals surface area contributed by atoms with Gasteiger partial charge in [-0.05, 0) is 56.0 Å². The van der Waals surface area contributed by atoms with Gasteiger partial charge in [0.25, 0.3) is 10.0 Å². The Kier molecular flexibility index (Phi) is 6.70. The standard InChI is InChI=1S/C21H26N2O4S/c1-16-4-9-18(10-5-16)23-28(25,26)20-11-6-17(7-12-20)8-13-21(24)22-15-19-3-2-14-27-19/h4-7,9-12,19,23H,2-3,8,13-15H2,1H3,(H,22,24)/t19-/m0/s1. The van der Waals surface area contributed by atoms with Gasteiger partial charge in [0.1, 0.15) is 0 Å². The Morgan fingerprint density at radius 2 is 1.82 bits per heavy atom.